The lowest BCUT2D eigenvalue weighted by Crippen LogP contribution is -2.58. The SMILES string of the molecule is NC(=O)N1CCN(C(=O)c2ccccc2)C(Cc2c[nH]c3ccccc23)C1. The van der Waals surface area contributed by atoms with E-state index in [1.807, 2.05) is 59.6 Å². The summed E-state index contributed by atoms with van der Waals surface area (Å²) in [7, 11) is 0. The summed E-state index contributed by atoms with van der Waals surface area (Å²) in [5.74, 6) is -0.00967. The first-order chi connectivity index (χ1) is 13.1. The minimum absolute atomic E-state index is 0.00967. The van der Waals surface area contributed by atoms with E-state index in [0.717, 1.165) is 16.5 Å². The number of nitrogens with two attached hydrogens (primary N) is 1. The highest BCUT2D eigenvalue weighted by Gasteiger charge is 2.32. The number of urea groups is 1. The molecule has 3 N–H and O–H groups in total. The van der Waals surface area contributed by atoms with Gasteiger partial charge < -0.3 is 20.5 Å². The molecule has 1 aliphatic heterocycles. The minimum atomic E-state index is -0.439. The summed E-state index contributed by atoms with van der Waals surface area (Å²) < 4.78 is 0. The molecular formula is C21H22N4O2. The molecule has 1 unspecified atom stereocenters. The van der Waals surface area contributed by atoms with E-state index in [4.69, 9.17) is 5.73 Å². The second kappa shape index (κ2) is 7.15. The van der Waals surface area contributed by atoms with E-state index in [1.165, 1.54) is 0 Å². The number of rotatable bonds is 3. The van der Waals surface area contributed by atoms with Gasteiger partial charge in [0.2, 0.25) is 0 Å². The van der Waals surface area contributed by atoms with E-state index in [-0.39, 0.29) is 11.9 Å². The van der Waals surface area contributed by atoms with Gasteiger partial charge in [-0.1, -0.05) is 36.4 Å². The van der Waals surface area contributed by atoms with Crippen LogP contribution in [0.15, 0.2) is 60.8 Å². The van der Waals surface area contributed by atoms with Crippen molar-refractivity contribution in [3.05, 3.63) is 71.9 Å². The minimum Gasteiger partial charge on any atom is -0.361 e. The van der Waals surface area contributed by atoms with Gasteiger partial charge in [-0.15, -0.1) is 0 Å². The Bertz CT molecular complexity index is 966. The average Bonchev–Trinajstić information content (AvgIpc) is 3.11. The molecule has 4 rings (SSSR count). The maximum Gasteiger partial charge on any atom is 0.314 e. The first kappa shape index (κ1) is 17.1. The monoisotopic (exact) mass is 362 g/mol. The number of nitrogens with one attached hydrogen (secondary N) is 1. The second-order valence-corrected chi connectivity index (χ2v) is 6.87. The number of primary amides is 1. The van der Waals surface area contributed by atoms with Crippen LogP contribution < -0.4 is 5.73 Å². The number of carbonyl (C=O) groups excluding carboxylic acids is 2. The summed E-state index contributed by atoms with van der Waals surface area (Å²) in [4.78, 5) is 31.5. The molecule has 6 heteroatoms. The predicted molar refractivity (Wildman–Crippen MR) is 104 cm³/mol. The van der Waals surface area contributed by atoms with Crippen molar-refractivity contribution in [1.82, 2.24) is 14.8 Å². The zero-order chi connectivity index (χ0) is 18.8. The van der Waals surface area contributed by atoms with Gasteiger partial charge in [-0.3, -0.25) is 4.79 Å². The number of benzene rings is 2. The van der Waals surface area contributed by atoms with Crippen LogP contribution in [0.3, 0.4) is 0 Å². The van der Waals surface area contributed by atoms with E-state index < -0.39 is 6.03 Å². The van der Waals surface area contributed by atoms with E-state index in [2.05, 4.69) is 11.1 Å². The number of fused-ring (bicyclic) bond motifs is 1. The third-order valence-corrected chi connectivity index (χ3v) is 5.21. The molecule has 138 valence electrons. The Labute approximate surface area is 157 Å². The fourth-order valence-electron chi connectivity index (χ4n) is 3.80. The number of aromatic amines is 1. The molecule has 2 aromatic carbocycles. The zero-order valence-electron chi connectivity index (χ0n) is 15.0. The predicted octanol–water partition coefficient (Wildman–Crippen LogP) is 2.62. The number of para-hydroxylation sites is 1. The first-order valence-electron chi connectivity index (χ1n) is 9.09. The van der Waals surface area contributed by atoms with E-state index in [0.29, 0.717) is 31.6 Å². The van der Waals surface area contributed by atoms with Crippen LogP contribution in [0.2, 0.25) is 0 Å². The normalized spacial score (nSPS) is 17.3. The van der Waals surface area contributed by atoms with Crippen LogP contribution in [0.4, 0.5) is 4.79 Å². The molecule has 0 saturated carbocycles. The van der Waals surface area contributed by atoms with Crippen molar-refractivity contribution in [3.63, 3.8) is 0 Å². The Morgan fingerprint density at radius 2 is 1.78 bits per heavy atom. The standard InChI is InChI=1S/C21H22N4O2/c22-21(27)24-10-11-25(20(26)15-6-2-1-3-7-15)17(14-24)12-16-13-23-19-9-5-4-8-18(16)19/h1-9,13,17,23H,10-12,14H2,(H2,22,27). The van der Waals surface area contributed by atoms with Gasteiger partial charge in [0.15, 0.2) is 0 Å². The van der Waals surface area contributed by atoms with Crippen LogP contribution in [-0.2, 0) is 6.42 Å². The van der Waals surface area contributed by atoms with Crippen LogP contribution in [-0.4, -0.2) is 52.4 Å². The summed E-state index contributed by atoms with van der Waals surface area (Å²) in [6.45, 7) is 1.37. The highest BCUT2D eigenvalue weighted by Crippen LogP contribution is 2.23. The van der Waals surface area contributed by atoms with Gasteiger partial charge >= 0.3 is 6.03 Å². The van der Waals surface area contributed by atoms with Crippen molar-refractivity contribution in [1.29, 1.82) is 0 Å². The molecule has 27 heavy (non-hydrogen) atoms. The Balaban J connectivity index is 1.63. The lowest BCUT2D eigenvalue weighted by Gasteiger charge is -2.41. The Morgan fingerprint density at radius 1 is 1.04 bits per heavy atom. The van der Waals surface area contributed by atoms with Crippen LogP contribution in [0.5, 0.6) is 0 Å². The van der Waals surface area contributed by atoms with Crippen molar-refractivity contribution in [3.8, 4) is 0 Å². The number of aromatic nitrogens is 1. The van der Waals surface area contributed by atoms with Gasteiger partial charge in [0.25, 0.3) is 5.91 Å². The fourth-order valence-corrected chi connectivity index (χ4v) is 3.80. The van der Waals surface area contributed by atoms with Crippen molar-refractivity contribution in [2.75, 3.05) is 19.6 Å². The second-order valence-electron chi connectivity index (χ2n) is 6.87. The average molecular weight is 362 g/mol. The van der Waals surface area contributed by atoms with Crippen LogP contribution in [0.1, 0.15) is 15.9 Å². The number of piperazine rings is 1. The van der Waals surface area contributed by atoms with E-state index in [1.54, 1.807) is 4.90 Å². The fraction of sp³-hybridized carbons (Fsp3) is 0.238. The van der Waals surface area contributed by atoms with Gasteiger partial charge in [-0.05, 0) is 30.2 Å². The smallest absolute Gasteiger partial charge is 0.314 e. The number of amides is 3. The van der Waals surface area contributed by atoms with Crippen molar-refractivity contribution in [2.24, 2.45) is 5.73 Å². The number of hydrogen-bond acceptors (Lipinski definition) is 2. The third kappa shape index (κ3) is 3.38. The number of carbonyl (C=O) groups is 2. The van der Waals surface area contributed by atoms with Crippen LogP contribution in [0, 0.1) is 0 Å². The van der Waals surface area contributed by atoms with Gasteiger partial charge in [-0.25, -0.2) is 4.79 Å². The summed E-state index contributed by atoms with van der Waals surface area (Å²) >= 11 is 0. The molecule has 1 aliphatic rings. The molecule has 0 spiro atoms. The molecule has 0 bridgehead atoms. The Hall–Kier alpha value is -3.28. The summed E-state index contributed by atoms with van der Waals surface area (Å²) in [6, 6.07) is 16.8. The molecule has 1 atom stereocenters. The Morgan fingerprint density at radius 3 is 2.56 bits per heavy atom. The molecule has 1 aromatic heterocycles. The maximum absolute atomic E-state index is 13.1. The van der Waals surface area contributed by atoms with Crippen molar-refractivity contribution < 1.29 is 9.59 Å². The largest absolute Gasteiger partial charge is 0.361 e. The zero-order valence-corrected chi connectivity index (χ0v) is 15.0. The maximum atomic E-state index is 13.1. The van der Waals surface area contributed by atoms with Crippen molar-refractivity contribution >= 4 is 22.8 Å². The third-order valence-electron chi connectivity index (χ3n) is 5.21. The van der Waals surface area contributed by atoms with E-state index in [9.17, 15) is 9.59 Å². The summed E-state index contributed by atoms with van der Waals surface area (Å²) in [5.41, 5.74) is 8.36. The van der Waals surface area contributed by atoms with Crippen molar-refractivity contribution in [2.45, 2.75) is 12.5 Å². The highest BCUT2D eigenvalue weighted by atomic mass is 16.2. The van der Waals surface area contributed by atoms with Gasteiger partial charge in [-0.2, -0.15) is 0 Å². The highest BCUT2D eigenvalue weighted by molar-refractivity contribution is 5.94. The molecule has 6 nitrogen and oxygen atoms in total. The van der Waals surface area contributed by atoms with Crippen LogP contribution in [0.25, 0.3) is 10.9 Å². The quantitative estimate of drug-likeness (QED) is 0.751. The molecule has 1 fully saturated rings. The van der Waals surface area contributed by atoms with Crippen LogP contribution >= 0.6 is 0 Å². The first-order valence-corrected chi connectivity index (χ1v) is 9.09. The molecule has 3 amide bonds. The number of hydrogen-bond donors (Lipinski definition) is 2. The lowest BCUT2D eigenvalue weighted by molar-refractivity contribution is 0.0517. The topological polar surface area (TPSA) is 82.4 Å². The molecule has 2 heterocycles. The molecule has 3 aromatic rings. The Kier molecular flexibility index (Phi) is 4.54. The van der Waals surface area contributed by atoms with Gasteiger partial charge in [0.1, 0.15) is 0 Å². The van der Waals surface area contributed by atoms with E-state index >= 15 is 0 Å². The summed E-state index contributed by atoms with van der Waals surface area (Å²) in [6.07, 6.45) is 2.64. The number of nitrogens with zero attached hydrogens (tertiary/aromatic N) is 2. The molecule has 0 aliphatic carbocycles. The number of H-pyrrole nitrogens is 1. The van der Waals surface area contributed by atoms with Gasteiger partial charge in [0.05, 0.1) is 6.04 Å². The van der Waals surface area contributed by atoms with Gasteiger partial charge in [0, 0.05) is 42.3 Å². The molecule has 0 radical (unpaired) electrons. The summed E-state index contributed by atoms with van der Waals surface area (Å²) in [5, 5.41) is 1.14. The molecular weight excluding hydrogens is 340 g/mol. The lowest BCUT2D eigenvalue weighted by atomic mass is 10.0. The molecule has 1 saturated heterocycles.